The van der Waals surface area contributed by atoms with Crippen LogP contribution >= 0.6 is 11.6 Å². The highest BCUT2D eigenvalue weighted by Gasteiger charge is 2.20. The summed E-state index contributed by atoms with van der Waals surface area (Å²) in [6, 6.07) is 9.61. The van der Waals surface area contributed by atoms with Crippen molar-refractivity contribution >= 4 is 11.6 Å². The average molecular weight is 247 g/mol. The van der Waals surface area contributed by atoms with Gasteiger partial charge in [-0.25, -0.2) is 4.98 Å². The summed E-state index contributed by atoms with van der Waals surface area (Å²) in [7, 11) is 0. The average Bonchev–Trinajstić information content (AvgIpc) is 2.78. The van der Waals surface area contributed by atoms with E-state index in [0.29, 0.717) is 5.88 Å². The van der Waals surface area contributed by atoms with Crippen molar-refractivity contribution in [1.29, 1.82) is 0 Å². The van der Waals surface area contributed by atoms with Gasteiger partial charge in [0.25, 0.3) is 0 Å². The fourth-order valence-electron chi connectivity index (χ4n) is 2.05. The molecule has 2 aromatic rings. The van der Waals surface area contributed by atoms with Crippen molar-refractivity contribution in [3.05, 3.63) is 46.9 Å². The van der Waals surface area contributed by atoms with Crippen LogP contribution in [0.1, 0.15) is 17.7 Å². The van der Waals surface area contributed by atoms with Crippen LogP contribution in [-0.2, 0) is 12.8 Å². The molecule has 1 heterocycles. The molecule has 0 saturated carbocycles. The number of nitrogens with zero attached hydrogens (tertiary/aromatic N) is 2. The first kappa shape index (κ1) is 10.5. The Kier molecular flexibility index (Phi) is 2.69. The Morgan fingerprint density at radius 1 is 1.06 bits per heavy atom. The zero-order chi connectivity index (χ0) is 11.7. The first-order chi connectivity index (χ1) is 8.33. The van der Waals surface area contributed by atoms with E-state index in [-0.39, 0.29) is 5.28 Å². The van der Waals surface area contributed by atoms with Crippen LogP contribution < -0.4 is 4.74 Å². The maximum Gasteiger partial charge on any atom is 0.227 e. The molecule has 0 amide bonds. The molecule has 0 unspecified atom stereocenters. The number of hydrogen-bond acceptors (Lipinski definition) is 3. The summed E-state index contributed by atoms with van der Waals surface area (Å²) in [5.41, 5.74) is 2.12. The maximum atomic E-state index is 5.89. The van der Waals surface area contributed by atoms with Gasteiger partial charge in [-0.3, -0.25) is 0 Å². The number of hydrogen-bond donors (Lipinski definition) is 0. The topological polar surface area (TPSA) is 35.0 Å². The number of aromatic nitrogens is 2. The second kappa shape index (κ2) is 4.34. The lowest BCUT2D eigenvalue weighted by molar-refractivity contribution is 0.455. The monoisotopic (exact) mass is 246 g/mol. The Bertz CT molecular complexity index is 543. The molecule has 1 aromatic heterocycles. The molecule has 0 N–H and O–H groups in total. The summed E-state index contributed by atoms with van der Waals surface area (Å²) < 4.78 is 5.77. The van der Waals surface area contributed by atoms with Crippen LogP contribution in [0.3, 0.4) is 0 Å². The minimum Gasteiger partial charge on any atom is -0.439 e. The summed E-state index contributed by atoms with van der Waals surface area (Å²) in [5, 5.41) is 0.261. The lowest BCUT2D eigenvalue weighted by Crippen LogP contribution is -1.98. The summed E-state index contributed by atoms with van der Waals surface area (Å²) >= 11 is 5.89. The standard InChI is InChI=1S/C13H11ClN2O/c14-13-15-11-8-4-7-10(11)12(16-13)17-9-5-2-1-3-6-9/h1-3,5-6H,4,7-8H2. The van der Waals surface area contributed by atoms with Gasteiger partial charge in [0.2, 0.25) is 11.2 Å². The van der Waals surface area contributed by atoms with Gasteiger partial charge < -0.3 is 4.74 Å². The van der Waals surface area contributed by atoms with Crippen LogP contribution in [0.5, 0.6) is 11.6 Å². The van der Waals surface area contributed by atoms with E-state index in [4.69, 9.17) is 16.3 Å². The van der Waals surface area contributed by atoms with Crippen molar-refractivity contribution in [3.63, 3.8) is 0 Å². The second-order valence-electron chi connectivity index (χ2n) is 3.99. The molecular weight excluding hydrogens is 236 g/mol. The highest BCUT2D eigenvalue weighted by molar-refractivity contribution is 6.28. The van der Waals surface area contributed by atoms with Gasteiger partial charge in [0.1, 0.15) is 5.75 Å². The van der Waals surface area contributed by atoms with E-state index in [1.54, 1.807) is 0 Å². The Morgan fingerprint density at radius 2 is 1.88 bits per heavy atom. The predicted molar refractivity (Wildman–Crippen MR) is 65.6 cm³/mol. The summed E-state index contributed by atoms with van der Waals surface area (Å²) in [4.78, 5) is 8.40. The molecule has 0 saturated heterocycles. The number of benzene rings is 1. The third-order valence-corrected chi connectivity index (χ3v) is 2.99. The Labute approximate surface area is 104 Å². The third-order valence-electron chi connectivity index (χ3n) is 2.83. The van der Waals surface area contributed by atoms with E-state index in [1.165, 1.54) is 0 Å². The number of para-hydroxylation sites is 1. The largest absolute Gasteiger partial charge is 0.439 e. The molecule has 0 bridgehead atoms. The number of rotatable bonds is 2. The molecule has 1 aliphatic rings. The van der Waals surface area contributed by atoms with Crippen molar-refractivity contribution in [2.24, 2.45) is 0 Å². The molecule has 3 rings (SSSR count). The number of halogens is 1. The van der Waals surface area contributed by atoms with Crippen LogP contribution in [0.15, 0.2) is 30.3 Å². The van der Waals surface area contributed by atoms with E-state index in [9.17, 15) is 0 Å². The van der Waals surface area contributed by atoms with E-state index in [1.807, 2.05) is 30.3 Å². The summed E-state index contributed by atoms with van der Waals surface area (Å²) in [5.74, 6) is 1.38. The van der Waals surface area contributed by atoms with Gasteiger partial charge in [0.15, 0.2) is 0 Å². The van der Waals surface area contributed by atoms with Crippen molar-refractivity contribution in [1.82, 2.24) is 9.97 Å². The molecule has 1 aromatic carbocycles. The van der Waals surface area contributed by atoms with Crippen LogP contribution in [0.2, 0.25) is 5.28 Å². The van der Waals surface area contributed by atoms with Gasteiger partial charge >= 0.3 is 0 Å². The predicted octanol–water partition coefficient (Wildman–Crippen LogP) is 3.41. The smallest absolute Gasteiger partial charge is 0.227 e. The highest BCUT2D eigenvalue weighted by atomic mass is 35.5. The SMILES string of the molecule is Clc1nc2c(c(Oc3ccccc3)n1)CCC2. The number of ether oxygens (including phenoxy) is 1. The molecule has 0 aliphatic heterocycles. The summed E-state index contributed by atoms with van der Waals surface area (Å²) in [6.45, 7) is 0. The summed E-state index contributed by atoms with van der Waals surface area (Å²) in [6.07, 6.45) is 3.02. The maximum absolute atomic E-state index is 5.89. The van der Waals surface area contributed by atoms with Gasteiger partial charge in [-0.05, 0) is 43.0 Å². The number of fused-ring (bicyclic) bond motifs is 1. The normalized spacial score (nSPS) is 13.5. The zero-order valence-electron chi connectivity index (χ0n) is 9.19. The van der Waals surface area contributed by atoms with Gasteiger partial charge in [-0.2, -0.15) is 4.98 Å². The van der Waals surface area contributed by atoms with Crippen LogP contribution in [0.4, 0.5) is 0 Å². The molecule has 1 aliphatic carbocycles. The fourth-order valence-corrected chi connectivity index (χ4v) is 2.23. The molecule has 86 valence electrons. The molecule has 0 radical (unpaired) electrons. The van der Waals surface area contributed by atoms with E-state index < -0.39 is 0 Å². The first-order valence-corrected chi connectivity index (χ1v) is 5.99. The van der Waals surface area contributed by atoms with Crippen LogP contribution in [-0.4, -0.2) is 9.97 Å². The van der Waals surface area contributed by atoms with Crippen molar-refractivity contribution in [2.45, 2.75) is 19.3 Å². The molecule has 4 heteroatoms. The van der Waals surface area contributed by atoms with E-state index in [2.05, 4.69) is 9.97 Å². The Hall–Kier alpha value is -1.61. The highest BCUT2D eigenvalue weighted by Crippen LogP contribution is 2.31. The molecule has 0 atom stereocenters. The second-order valence-corrected chi connectivity index (χ2v) is 4.33. The van der Waals surface area contributed by atoms with Gasteiger partial charge in [-0.1, -0.05) is 18.2 Å². The van der Waals surface area contributed by atoms with Crippen molar-refractivity contribution in [2.75, 3.05) is 0 Å². The quantitative estimate of drug-likeness (QED) is 0.762. The first-order valence-electron chi connectivity index (χ1n) is 5.61. The third kappa shape index (κ3) is 2.11. The zero-order valence-corrected chi connectivity index (χ0v) is 9.94. The Morgan fingerprint density at radius 3 is 2.71 bits per heavy atom. The minimum atomic E-state index is 0.261. The van der Waals surface area contributed by atoms with Gasteiger partial charge in [0, 0.05) is 5.56 Å². The van der Waals surface area contributed by atoms with Crippen molar-refractivity contribution < 1.29 is 4.74 Å². The van der Waals surface area contributed by atoms with Crippen LogP contribution in [0.25, 0.3) is 0 Å². The lowest BCUT2D eigenvalue weighted by Gasteiger charge is -2.08. The molecular formula is C13H11ClN2O. The molecule has 0 spiro atoms. The van der Waals surface area contributed by atoms with Crippen LogP contribution in [0, 0.1) is 0 Å². The molecule has 3 nitrogen and oxygen atoms in total. The minimum absolute atomic E-state index is 0.261. The number of aryl methyl sites for hydroxylation is 1. The van der Waals surface area contributed by atoms with Gasteiger partial charge in [-0.15, -0.1) is 0 Å². The van der Waals surface area contributed by atoms with Gasteiger partial charge in [0.05, 0.1) is 5.69 Å². The van der Waals surface area contributed by atoms with E-state index >= 15 is 0 Å². The lowest BCUT2D eigenvalue weighted by atomic mass is 10.2. The molecule has 0 fully saturated rings. The molecule has 17 heavy (non-hydrogen) atoms. The Balaban J connectivity index is 1.98. The van der Waals surface area contributed by atoms with Crippen molar-refractivity contribution in [3.8, 4) is 11.6 Å². The fraction of sp³-hybridized carbons (Fsp3) is 0.231. The van der Waals surface area contributed by atoms with E-state index in [0.717, 1.165) is 36.3 Å².